The van der Waals surface area contributed by atoms with Crippen LogP contribution in [-0.4, -0.2) is 62.4 Å². The Kier molecular flexibility index (Phi) is 6.14. The van der Waals surface area contributed by atoms with Crippen LogP contribution in [0.2, 0.25) is 0 Å². The van der Waals surface area contributed by atoms with Crippen LogP contribution in [0, 0.1) is 5.92 Å². The molecule has 1 aromatic heterocycles. The van der Waals surface area contributed by atoms with Crippen LogP contribution >= 0.6 is 7.37 Å². The van der Waals surface area contributed by atoms with E-state index in [1.807, 2.05) is 0 Å². The highest BCUT2D eigenvalue weighted by Crippen LogP contribution is 2.70. The van der Waals surface area contributed by atoms with Crippen LogP contribution in [0.15, 0.2) is 31.4 Å². The van der Waals surface area contributed by atoms with Crippen molar-refractivity contribution in [2.24, 2.45) is 5.92 Å². The molecule has 1 aliphatic heterocycles. The summed E-state index contributed by atoms with van der Waals surface area (Å²) in [5.74, 6) is -1.17. The fourth-order valence-electron chi connectivity index (χ4n) is 3.85. The van der Waals surface area contributed by atoms with Crippen molar-refractivity contribution < 1.29 is 23.8 Å². The van der Waals surface area contributed by atoms with Crippen LogP contribution in [0.5, 0.6) is 0 Å². The van der Waals surface area contributed by atoms with Gasteiger partial charge in [0.1, 0.15) is 17.6 Å². The number of nitrogens with one attached hydrogen (secondary N) is 2. The van der Waals surface area contributed by atoms with Crippen LogP contribution in [0.4, 0.5) is 0 Å². The molecule has 3 N–H and O–H groups in total. The molecule has 0 bridgehead atoms. The van der Waals surface area contributed by atoms with Gasteiger partial charge in [0.15, 0.2) is 0 Å². The van der Waals surface area contributed by atoms with Crippen LogP contribution in [-0.2, 0) is 25.1 Å². The molecule has 3 unspecified atom stereocenters. The zero-order valence-electron chi connectivity index (χ0n) is 15.9. The van der Waals surface area contributed by atoms with Gasteiger partial charge in [-0.05, 0) is 24.8 Å². The number of amides is 3. The average molecular weight is 421 g/mol. The number of hydrogen-bond donors (Lipinski definition) is 3. The topological polar surface area (TPSA) is 142 Å². The minimum Gasteiger partial charge on any atom is -0.350 e. The Labute approximate surface area is 168 Å². The highest BCUT2D eigenvalue weighted by atomic mass is 31.2. The second-order valence-corrected chi connectivity index (χ2v) is 9.83. The summed E-state index contributed by atoms with van der Waals surface area (Å²) < 4.78 is 13.3. The minimum atomic E-state index is -3.88. The molecule has 11 heteroatoms. The fourth-order valence-corrected chi connectivity index (χ4v) is 6.18. The van der Waals surface area contributed by atoms with Crippen LogP contribution in [0.1, 0.15) is 24.8 Å². The minimum absolute atomic E-state index is 0.172. The predicted octanol–water partition coefficient (Wildman–Crippen LogP) is 0.00240. The van der Waals surface area contributed by atoms with Crippen molar-refractivity contribution >= 4 is 25.6 Å². The standard InChI is InChI=1S/C18H24N5O5P/c1-2-14-6-18(14,29(27,28)10-13-7-19-11-20-8-13)22-17(26)15-4-3-5-23(15)16(25)9-21-12-24/h2,7-8,11-12,14-15H,1,3-6,9-10H2,(H,21,24)(H,22,26)(H,27,28)/t14?,15?,18-/m0/s1. The van der Waals surface area contributed by atoms with E-state index in [4.69, 9.17) is 0 Å². The lowest BCUT2D eigenvalue weighted by Gasteiger charge is -2.29. The first kappa shape index (κ1) is 21.1. The molecule has 156 valence electrons. The number of carbonyl (C=O) groups is 3. The molecular formula is C18H24N5O5P. The zero-order chi connectivity index (χ0) is 21.1. The van der Waals surface area contributed by atoms with E-state index in [1.54, 1.807) is 6.08 Å². The first-order chi connectivity index (χ1) is 13.8. The molecule has 1 aliphatic carbocycles. The Bertz CT molecular complexity index is 850. The van der Waals surface area contributed by atoms with Crippen molar-refractivity contribution in [3.8, 4) is 0 Å². The van der Waals surface area contributed by atoms with Gasteiger partial charge in [-0.2, -0.15) is 0 Å². The number of carbonyl (C=O) groups excluding carboxylic acids is 3. The van der Waals surface area contributed by atoms with Gasteiger partial charge in [-0.25, -0.2) is 9.97 Å². The van der Waals surface area contributed by atoms with Gasteiger partial charge < -0.3 is 20.4 Å². The van der Waals surface area contributed by atoms with E-state index in [0.717, 1.165) is 0 Å². The summed E-state index contributed by atoms with van der Waals surface area (Å²) in [6.07, 6.45) is 7.48. The second-order valence-electron chi connectivity index (χ2n) is 7.31. The van der Waals surface area contributed by atoms with E-state index in [2.05, 4.69) is 27.2 Å². The normalized spacial score (nSPS) is 27.6. The average Bonchev–Trinajstić information content (AvgIpc) is 3.20. The molecule has 0 radical (unpaired) electrons. The van der Waals surface area contributed by atoms with Crippen LogP contribution < -0.4 is 10.6 Å². The third-order valence-electron chi connectivity index (χ3n) is 5.46. The third-order valence-corrected chi connectivity index (χ3v) is 8.12. The Morgan fingerprint density at radius 3 is 2.76 bits per heavy atom. The Morgan fingerprint density at radius 1 is 1.41 bits per heavy atom. The van der Waals surface area contributed by atoms with E-state index < -0.39 is 24.6 Å². The summed E-state index contributed by atoms with van der Waals surface area (Å²) in [5, 5.41) is 3.76. The van der Waals surface area contributed by atoms with Gasteiger partial charge in [-0.3, -0.25) is 18.9 Å². The number of nitrogens with zero attached hydrogens (tertiary/aromatic N) is 3. The van der Waals surface area contributed by atoms with E-state index in [1.165, 1.54) is 23.6 Å². The quantitative estimate of drug-likeness (QED) is 0.289. The van der Waals surface area contributed by atoms with Crippen molar-refractivity contribution in [1.82, 2.24) is 25.5 Å². The molecule has 2 aliphatic rings. The van der Waals surface area contributed by atoms with Crippen LogP contribution in [0.25, 0.3) is 0 Å². The summed E-state index contributed by atoms with van der Waals surface area (Å²) in [7, 11) is -3.88. The first-order valence-electron chi connectivity index (χ1n) is 9.31. The molecular weight excluding hydrogens is 397 g/mol. The van der Waals surface area contributed by atoms with Gasteiger partial charge in [0.05, 0.1) is 12.7 Å². The highest BCUT2D eigenvalue weighted by molar-refractivity contribution is 7.59. The molecule has 0 aromatic carbocycles. The molecule has 3 rings (SSSR count). The van der Waals surface area contributed by atoms with Crippen molar-refractivity contribution in [2.75, 3.05) is 13.1 Å². The van der Waals surface area contributed by atoms with E-state index >= 15 is 0 Å². The number of hydrogen-bond acceptors (Lipinski definition) is 6. The molecule has 2 heterocycles. The molecule has 10 nitrogen and oxygen atoms in total. The second kappa shape index (κ2) is 8.42. The number of likely N-dealkylation sites (tertiary alicyclic amines) is 1. The van der Waals surface area contributed by atoms with E-state index in [0.29, 0.717) is 37.8 Å². The smallest absolute Gasteiger partial charge is 0.243 e. The monoisotopic (exact) mass is 421 g/mol. The van der Waals surface area contributed by atoms with Gasteiger partial charge in [-0.15, -0.1) is 6.58 Å². The third kappa shape index (κ3) is 4.23. The lowest BCUT2D eigenvalue weighted by atomic mass is 10.2. The lowest BCUT2D eigenvalue weighted by Crippen LogP contribution is -2.51. The number of rotatable bonds is 9. The lowest BCUT2D eigenvalue weighted by molar-refractivity contribution is -0.138. The molecule has 4 atom stereocenters. The Hall–Kier alpha value is -2.58. The summed E-state index contributed by atoms with van der Waals surface area (Å²) in [6.45, 7) is 3.91. The van der Waals surface area contributed by atoms with Crippen molar-refractivity contribution in [3.63, 3.8) is 0 Å². The SMILES string of the molecule is C=CC1C[C@]1(NC(=O)C1CCCN1C(=O)CNC=O)P(=O)(O)Cc1cncnc1. The molecule has 1 saturated carbocycles. The first-order valence-corrected chi connectivity index (χ1v) is 11.2. The fraction of sp³-hybridized carbons (Fsp3) is 0.500. The van der Waals surface area contributed by atoms with Gasteiger partial charge in [0.25, 0.3) is 0 Å². The zero-order valence-corrected chi connectivity index (χ0v) is 16.8. The molecule has 0 spiro atoms. The predicted molar refractivity (Wildman–Crippen MR) is 104 cm³/mol. The molecule has 1 aromatic rings. The van der Waals surface area contributed by atoms with Crippen molar-refractivity contribution in [1.29, 1.82) is 0 Å². The molecule has 2 fully saturated rings. The largest absolute Gasteiger partial charge is 0.350 e. The maximum atomic E-state index is 13.3. The maximum Gasteiger partial charge on any atom is 0.243 e. The highest BCUT2D eigenvalue weighted by Gasteiger charge is 2.65. The summed E-state index contributed by atoms with van der Waals surface area (Å²) in [5.41, 5.74) is 0.499. The van der Waals surface area contributed by atoms with Crippen LogP contribution in [0.3, 0.4) is 0 Å². The van der Waals surface area contributed by atoms with E-state index in [9.17, 15) is 23.8 Å². The van der Waals surface area contributed by atoms with Gasteiger partial charge in [0, 0.05) is 24.9 Å². The van der Waals surface area contributed by atoms with E-state index in [-0.39, 0.29) is 24.5 Å². The van der Waals surface area contributed by atoms with Gasteiger partial charge in [0.2, 0.25) is 25.6 Å². The van der Waals surface area contributed by atoms with Crippen molar-refractivity contribution in [3.05, 3.63) is 36.9 Å². The summed E-state index contributed by atoms with van der Waals surface area (Å²) in [6, 6.07) is -0.737. The molecule has 3 amide bonds. The summed E-state index contributed by atoms with van der Waals surface area (Å²) in [4.78, 5) is 55.6. The van der Waals surface area contributed by atoms with Gasteiger partial charge >= 0.3 is 0 Å². The Balaban J connectivity index is 1.75. The maximum absolute atomic E-state index is 13.3. The molecule has 1 saturated heterocycles. The van der Waals surface area contributed by atoms with Crippen molar-refractivity contribution in [2.45, 2.75) is 36.7 Å². The Morgan fingerprint density at radius 2 is 2.14 bits per heavy atom. The summed E-state index contributed by atoms with van der Waals surface area (Å²) >= 11 is 0. The van der Waals surface area contributed by atoms with Gasteiger partial charge in [-0.1, -0.05) is 6.08 Å². The molecule has 29 heavy (non-hydrogen) atoms. The number of aromatic nitrogens is 2.